The maximum absolute atomic E-state index is 13.3. The van der Waals surface area contributed by atoms with Gasteiger partial charge in [0.2, 0.25) is 0 Å². The summed E-state index contributed by atoms with van der Waals surface area (Å²) in [5.41, 5.74) is 0. The van der Waals surface area contributed by atoms with Crippen LogP contribution in [0.25, 0.3) is 0 Å². The van der Waals surface area contributed by atoms with Crippen molar-refractivity contribution in [2.24, 2.45) is 17.8 Å². The molecule has 0 amide bonds. The van der Waals surface area contributed by atoms with Gasteiger partial charge in [-0.1, -0.05) is 72.0 Å². The van der Waals surface area contributed by atoms with E-state index in [-0.39, 0.29) is 34.7 Å². The Morgan fingerprint density at radius 3 is 2.38 bits per heavy atom. The molecule has 1 rings (SSSR count). The van der Waals surface area contributed by atoms with Crippen LogP contribution in [0, 0.1) is 17.8 Å². The molecule has 5 atom stereocenters. The van der Waals surface area contributed by atoms with Crippen LogP contribution in [0.15, 0.2) is 12.2 Å². The molecule has 1 aliphatic carbocycles. The minimum absolute atomic E-state index is 0.0263. The predicted molar refractivity (Wildman–Crippen MR) is 159 cm³/mol. The molecule has 39 heavy (non-hydrogen) atoms. The minimum atomic E-state index is -2.12. The summed E-state index contributed by atoms with van der Waals surface area (Å²) >= 11 is 0. The molecular formula is C31H58O7Si. The molecule has 7 nitrogen and oxygen atoms in total. The number of ketones is 1. The van der Waals surface area contributed by atoms with Crippen molar-refractivity contribution >= 4 is 20.1 Å². The van der Waals surface area contributed by atoms with Crippen molar-refractivity contribution in [2.75, 3.05) is 34.0 Å². The molecule has 1 N–H and O–H groups in total. The summed E-state index contributed by atoms with van der Waals surface area (Å²) in [5.74, 6) is -0.508. The Morgan fingerprint density at radius 2 is 1.77 bits per heavy atom. The second kappa shape index (κ2) is 18.4. The summed E-state index contributed by atoms with van der Waals surface area (Å²) in [5, 5.41) is 11.3. The molecular weight excluding hydrogens is 512 g/mol. The van der Waals surface area contributed by atoms with Crippen molar-refractivity contribution in [2.45, 2.75) is 122 Å². The first-order chi connectivity index (χ1) is 18.4. The van der Waals surface area contributed by atoms with Gasteiger partial charge in [0.1, 0.15) is 5.78 Å². The number of hydrogen-bond acceptors (Lipinski definition) is 7. The number of carbonyl (C=O) groups excluding carboxylic acids is 2. The van der Waals surface area contributed by atoms with Crippen LogP contribution < -0.4 is 0 Å². The van der Waals surface area contributed by atoms with E-state index in [0.717, 1.165) is 38.5 Å². The van der Waals surface area contributed by atoms with Gasteiger partial charge in [-0.2, -0.15) is 0 Å². The number of esters is 1. The number of Topliss-reactive ketones (excluding diaryl/α,β-unsaturated/α-hetero) is 1. The van der Waals surface area contributed by atoms with Crippen LogP contribution >= 0.6 is 0 Å². The zero-order chi connectivity index (χ0) is 29.5. The summed E-state index contributed by atoms with van der Waals surface area (Å²) in [6, 6.07) is 0. The number of aliphatic hydroxyl groups is 1. The number of methoxy groups -OCH3 is 2. The van der Waals surface area contributed by atoms with Gasteiger partial charge >= 0.3 is 5.97 Å². The van der Waals surface area contributed by atoms with Crippen molar-refractivity contribution in [1.82, 2.24) is 0 Å². The summed E-state index contributed by atoms with van der Waals surface area (Å²) in [4.78, 5) is 24.7. The van der Waals surface area contributed by atoms with Crippen LogP contribution in [-0.4, -0.2) is 71.4 Å². The number of aliphatic hydroxyl groups excluding tert-OH is 1. The van der Waals surface area contributed by atoms with E-state index in [1.165, 1.54) is 13.5 Å². The maximum Gasteiger partial charge on any atom is 0.305 e. The van der Waals surface area contributed by atoms with Gasteiger partial charge in [0, 0.05) is 31.8 Å². The zero-order valence-corrected chi connectivity index (χ0v) is 27.1. The minimum Gasteiger partial charge on any atom is -0.469 e. The van der Waals surface area contributed by atoms with Crippen molar-refractivity contribution in [1.29, 1.82) is 0 Å². The fourth-order valence-electron chi connectivity index (χ4n) is 4.94. The Bertz CT molecular complexity index is 731. The quantitative estimate of drug-likeness (QED) is 0.0775. The lowest BCUT2D eigenvalue weighted by Gasteiger charge is -2.40. The van der Waals surface area contributed by atoms with Crippen LogP contribution in [0.3, 0.4) is 0 Å². The summed E-state index contributed by atoms with van der Waals surface area (Å²) in [7, 11) is 0.951. The Hall–Kier alpha value is -1.06. The SMILES string of the molecule is CCCCCC(/C=C/[C@@H]1[C@@H](C(O)CCCCCC(=O)OC)C(=O)C[C@H]1O[Si](C)(C)C(C)(C)C)COCCOC. The van der Waals surface area contributed by atoms with Gasteiger partial charge in [0.15, 0.2) is 8.32 Å². The lowest BCUT2D eigenvalue weighted by Crippen LogP contribution is -2.45. The molecule has 0 saturated heterocycles. The summed E-state index contributed by atoms with van der Waals surface area (Å²) in [6.45, 7) is 15.0. The zero-order valence-electron chi connectivity index (χ0n) is 26.1. The number of ether oxygens (including phenoxy) is 3. The van der Waals surface area contributed by atoms with Gasteiger partial charge < -0.3 is 23.7 Å². The molecule has 0 bridgehead atoms. The molecule has 2 unspecified atom stereocenters. The monoisotopic (exact) mass is 570 g/mol. The second-order valence-corrected chi connectivity index (χ2v) is 17.4. The van der Waals surface area contributed by atoms with Gasteiger partial charge in [-0.15, -0.1) is 0 Å². The normalized spacial score (nSPS) is 22.0. The summed E-state index contributed by atoms with van der Waals surface area (Å²) in [6.07, 6.45) is 11.5. The maximum atomic E-state index is 13.3. The molecule has 8 heteroatoms. The second-order valence-electron chi connectivity index (χ2n) is 12.6. The highest BCUT2D eigenvalue weighted by molar-refractivity contribution is 6.74. The lowest BCUT2D eigenvalue weighted by atomic mass is 9.85. The first kappa shape index (κ1) is 36.0. The van der Waals surface area contributed by atoms with Crippen molar-refractivity contribution in [3.63, 3.8) is 0 Å². The van der Waals surface area contributed by atoms with Crippen LogP contribution in [0.1, 0.15) is 91.9 Å². The van der Waals surface area contributed by atoms with Gasteiger partial charge in [-0.05, 0) is 37.4 Å². The van der Waals surface area contributed by atoms with E-state index in [9.17, 15) is 14.7 Å². The van der Waals surface area contributed by atoms with E-state index in [1.807, 2.05) is 0 Å². The Morgan fingerprint density at radius 1 is 1.08 bits per heavy atom. The number of carbonyl (C=O) groups is 2. The lowest BCUT2D eigenvalue weighted by molar-refractivity contribution is -0.140. The third-order valence-corrected chi connectivity index (χ3v) is 12.9. The molecule has 1 aliphatic rings. The first-order valence-electron chi connectivity index (χ1n) is 15.1. The largest absolute Gasteiger partial charge is 0.469 e. The Labute approximate surface area is 239 Å². The molecule has 1 fully saturated rings. The highest BCUT2D eigenvalue weighted by Gasteiger charge is 2.49. The van der Waals surface area contributed by atoms with Gasteiger partial charge in [0.05, 0.1) is 45.1 Å². The number of hydrogen-bond donors (Lipinski definition) is 1. The van der Waals surface area contributed by atoms with E-state index in [2.05, 4.69) is 52.9 Å². The van der Waals surface area contributed by atoms with Crippen molar-refractivity contribution in [3.05, 3.63) is 12.2 Å². The topological polar surface area (TPSA) is 91.3 Å². The standard InChI is InChI=1S/C31H58O7Si/c1-9-10-12-15-24(23-37-21-20-35-5)18-19-25-28(38-39(7,8)31(2,3)4)22-27(33)30(25)26(32)16-13-11-14-17-29(34)36-6/h18-19,24-26,28,30,32H,9-17,20-23H2,1-8H3/b19-18+/t24?,25-,26?,28+,30-/m0/s1. The molecule has 0 spiro atoms. The Balaban J connectivity index is 3.06. The molecule has 0 aliphatic heterocycles. The van der Waals surface area contributed by atoms with Crippen molar-refractivity contribution in [3.8, 4) is 0 Å². The van der Waals surface area contributed by atoms with E-state index in [0.29, 0.717) is 39.1 Å². The first-order valence-corrected chi connectivity index (χ1v) is 18.0. The van der Waals surface area contributed by atoms with Gasteiger partial charge in [-0.3, -0.25) is 9.59 Å². The average Bonchev–Trinajstić information content (AvgIpc) is 3.17. The fraction of sp³-hybridized carbons (Fsp3) is 0.871. The molecule has 0 aromatic heterocycles. The molecule has 0 aromatic carbocycles. The Kier molecular flexibility index (Phi) is 17.0. The van der Waals surface area contributed by atoms with Crippen molar-refractivity contribution < 1.29 is 33.3 Å². The third kappa shape index (κ3) is 13.0. The predicted octanol–water partition coefficient (Wildman–Crippen LogP) is 6.48. The average molecular weight is 571 g/mol. The van der Waals surface area contributed by atoms with Gasteiger partial charge in [0.25, 0.3) is 0 Å². The molecule has 0 aromatic rings. The third-order valence-electron chi connectivity index (χ3n) is 8.44. The van der Waals surface area contributed by atoms with Crippen LogP contribution in [-0.2, 0) is 28.2 Å². The smallest absolute Gasteiger partial charge is 0.305 e. The molecule has 0 radical (unpaired) electrons. The van der Waals surface area contributed by atoms with E-state index in [1.54, 1.807) is 7.11 Å². The van der Waals surface area contributed by atoms with Crippen LogP contribution in [0.4, 0.5) is 0 Å². The van der Waals surface area contributed by atoms with Crippen LogP contribution in [0.2, 0.25) is 18.1 Å². The van der Waals surface area contributed by atoms with E-state index < -0.39 is 20.3 Å². The fourth-order valence-corrected chi connectivity index (χ4v) is 6.29. The van der Waals surface area contributed by atoms with Crippen LogP contribution in [0.5, 0.6) is 0 Å². The molecule has 1 saturated carbocycles. The summed E-state index contributed by atoms with van der Waals surface area (Å²) < 4.78 is 22.5. The highest BCUT2D eigenvalue weighted by Crippen LogP contribution is 2.43. The van der Waals surface area contributed by atoms with Gasteiger partial charge in [-0.25, -0.2) is 0 Å². The molecule has 228 valence electrons. The van der Waals surface area contributed by atoms with E-state index >= 15 is 0 Å². The number of unbranched alkanes of at least 4 members (excludes halogenated alkanes) is 4. The number of rotatable bonds is 20. The van der Waals surface area contributed by atoms with E-state index in [4.69, 9.17) is 18.6 Å². The highest BCUT2D eigenvalue weighted by atomic mass is 28.4. The molecule has 0 heterocycles.